The van der Waals surface area contributed by atoms with E-state index in [0.717, 1.165) is 17.1 Å². The van der Waals surface area contributed by atoms with Crippen molar-refractivity contribution < 1.29 is 9.53 Å². The number of rotatable bonds is 8. The van der Waals surface area contributed by atoms with Crippen molar-refractivity contribution >= 4 is 11.7 Å². The van der Waals surface area contributed by atoms with Gasteiger partial charge in [-0.2, -0.15) is 5.10 Å². The molecule has 0 atom stereocenters. The van der Waals surface area contributed by atoms with E-state index in [1.54, 1.807) is 10.9 Å². The molecule has 0 bridgehead atoms. The summed E-state index contributed by atoms with van der Waals surface area (Å²) in [6.45, 7) is 7.69. The molecule has 1 aromatic heterocycles. The summed E-state index contributed by atoms with van der Waals surface area (Å²) in [6, 6.07) is 9.96. The van der Waals surface area contributed by atoms with E-state index >= 15 is 0 Å². The largest absolute Gasteiger partial charge is 0.494 e. The van der Waals surface area contributed by atoms with Crippen molar-refractivity contribution in [3.63, 3.8) is 0 Å². The maximum absolute atomic E-state index is 12.2. The molecule has 0 aliphatic rings. The predicted octanol–water partition coefficient (Wildman–Crippen LogP) is 2.93. The van der Waals surface area contributed by atoms with Gasteiger partial charge in [0.05, 0.1) is 19.3 Å². The molecule has 2 aromatic rings. The second-order valence-corrected chi connectivity index (χ2v) is 6.05. The summed E-state index contributed by atoms with van der Waals surface area (Å²) in [5.41, 5.74) is 1.14. The molecule has 0 radical (unpaired) electrons. The number of likely N-dealkylation sites (N-methyl/N-ethyl adjacent to an activating group) is 1. The monoisotopic (exact) mass is 330 g/mol. The van der Waals surface area contributed by atoms with E-state index in [9.17, 15) is 4.79 Å². The Labute approximate surface area is 143 Å². The summed E-state index contributed by atoms with van der Waals surface area (Å²) >= 11 is 0. The molecule has 0 saturated carbocycles. The quantitative estimate of drug-likeness (QED) is 0.808. The van der Waals surface area contributed by atoms with Crippen LogP contribution in [0.1, 0.15) is 32.4 Å². The topological polar surface area (TPSA) is 59.4 Å². The zero-order chi connectivity index (χ0) is 17.5. The number of aromatic nitrogens is 2. The summed E-state index contributed by atoms with van der Waals surface area (Å²) in [7, 11) is 1.93. The van der Waals surface area contributed by atoms with E-state index in [0.29, 0.717) is 19.7 Å². The van der Waals surface area contributed by atoms with E-state index in [1.165, 1.54) is 0 Å². The minimum atomic E-state index is -0.0502. The number of ether oxygens (including phenoxy) is 1. The lowest BCUT2D eigenvalue weighted by Crippen LogP contribution is -2.30. The van der Waals surface area contributed by atoms with Crippen LogP contribution in [-0.4, -0.2) is 40.8 Å². The summed E-state index contributed by atoms with van der Waals surface area (Å²) in [5.74, 6) is 1.54. The Balaban J connectivity index is 1.86. The molecule has 0 aliphatic carbocycles. The number of carbonyl (C=O) groups excluding carboxylic acids is 1. The van der Waals surface area contributed by atoms with Gasteiger partial charge in [0.2, 0.25) is 5.91 Å². The minimum Gasteiger partial charge on any atom is -0.494 e. The van der Waals surface area contributed by atoms with E-state index in [4.69, 9.17) is 4.74 Å². The SMILES string of the molecule is CCOc1ccc(CN(C)CC(=O)Nc2ccnn2C(C)C)cc1. The fourth-order valence-corrected chi connectivity index (χ4v) is 2.48. The molecular weight excluding hydrogens is 304 g/mol. The standard InChI is InChI=1S/C18H26N4O2/c1-5-24-16-8-6-15(7-9-16)12-21(4)13-18(23)20-17-10-11-19-22(17)14(2)3/h6-11,14H,5,12-13H2,1-4H3,(H,20,23). The third-order valence-corrected chi connectivity index (χ3v) is 3.53. The van der Waals surface area contributed by atoms with Crippen LogP contribution in [0.4, 0.5) is 5.82 Å². The molecule has 0 unspecified atom stereocenters. The number of anilines is 1. The highest BCUT2D eigenvalue weighted by atomic mass is 16.5. The molecule has 1 N–H and O–H groups in total. The maximum atomic E-state index is 12.2. The fraction of sp³-hybridized carbons (Fsp3) is 0.444. The smallest absolute Gasteiger partial charge is 0.239 e. The van der Waals surface area contributed by atoms with Crippen LogP contribution < -0.4 is 10.1 Å². The van der Waals surface area contributed by atoms with Crippen molar-refractivity contribution in [3.8, 4) is 5.75 Å². The van der Waals surface area contributed by atoms with Gasteiger partial charge in [0, 0.05) is 18.7 Å². The number of carbonyl (C=O) groups is 1. The number of nitrogens with one attached hydrogen (secondary N) is 1. The number of amides is 1. The van der Waals surface area contributed by atoms with Crippen LogP contribution in [-0.2, 0) is 11.3 Å². The van der Waals surface area contributed by atoms with Crippen LogP contribution in [0.5, 0.6) is 5.75 Å². The predicted molar refractivity (Wildman–Crippen MR) is 95.2 cm³/mol. The third kappa shape index (κ3) is 5.09. The molecule has 6 nitrogen and oxygen atoms in total. The Kier molecular flexibility index (Phi) is 6.37. The van der Waals surface area contributed by atoms with Gasteiger partial charge in [0.15, 0.2) is 0 Å². The summed E-state index contributed by atoms with van der Waals surface area (Å²) < 4.78 is 7.23. The van der Waals surface area contributed by atoms with Crippen LogP contribution in [0.3, 0.4) is 0 Å². The highest BCUT2D eigenvalue weighted by molar-refractivity contribution is 5.91. The average Bonchev–Trinajstić information content (AvgIpc) is 2.97. The minimum absolute atomic E-state index is 0.0502. The molecule has 2 rings (SSSR count). The Morgan fingerprint density at radius 2 is 2.00 bits per heavy atom. The first-order chi connectivity index (χ1) is 11.5. The number of hydrogen-bond acceptors (Lipinski definition) is 4. The molecule has 1 amide bonds. The second kappa shape index (κ2) is 8.49. The van der Waals surface area contributed by atoms with Gasteiger partial charge >= 0.3 is 0 Å². The van der Waals surface area contributed by atoms with Gasteiger partial charge in [-0.1, -0.05) is 12.1 Å². The van der Waals surface area contributed by atoms with E-state index in [-0.39, 0.29) is 11.9 Å². The van der Waals surface area contributed by atoms with Gasteiger partial charge in [-0.15, -0.1) is 0 Å². The number of benzene rings is 1. The van der Waals surface area contributed by atoms with Crippen molar-refractivity contribution in [1.29, 1.82) is 0 Å². The van der Waals surface area contributed by atoms with E-state index in [2.05, 4.69) is 10.4 Å². The summed E-state index contributed by atoms with van der Waals surface area (Å²) in [5, 5.41) is 7.13. The molecule has 0 aliphatic heterocycles. The van der Waals surface area contributed by atoms with Gasteiger partial charge in [-0.05, 0) is 45.5 Å². The van der Waals surface area contributed by atoms with Crippen molar-refractivity contribution in [3.05, 3.63) is 42.1 Å². The van der Waals surface area contributed by atoms with E-state index in [1.807, 2.05) is 63.1 Å². The first-order valence-electron chi connectivity index (χ1n) is 8.23. The second-order valence-electron chi connectivity index (χ2n) is 6.05. The highest BCUT2D eigenvalue weighted by Gasteiger charge is 2.11. The van der Waals surface area contributed by atoms with E-state index < -0.39 is 0 Å². The number of nitrogens with zero attached hydrogens (tertiary/aromatic N) is 3. The molecule has 6 heteroatoms. The Morgan fingerprint density at radius 3 is 2.62 bits per heavy atom. The Bertz CT molecular complexity index is 649. The first kappa shape index (κ1) is 18.0. The van der Waals surface area contributed by atoms with Gasteiger partial charge in [0.25, 0.3) is 0 Å². The Morgan fingerprint density at radius 1 is 1.29 bits per heavy atom. The van der Waals surface area contributed by atoms with Crippen LogP contribution in [0.15, 0.2) is 36.5 Å². The molecule has 1 heterocycles. The van der Waals surface area contributed by atoms with Gasteiger partial charge in [-0.3, -0.25) is 9.69 Å². The summed E-state index contributed by atoms with van der Waals surface area (Å²) in [4.78, 5) is 14.2. The molecule has 0 spiro atoms. The molecule has 130 valence electrons. The molecule has 1 aromatic carbocycles. The van der Waals surface area contributed by atoms with Gasteiger partial charge in [0.1, 0.15) is 11.6 Å². The number of hydrogen-bond donors (Lipinski definition) is 1. The maximum Gasteiger partial charge on any atom is 0.239 e. The zero-order valence-corrected chi connectivity index (χ0v) is 14.8. The lowest BCUT2D eigenvalue weighted by atomic mass is 10.2. The molecule has 0 fully saturated rings. The van der Waals surface area contributed by atoms with Gasteiger partial charge < -0.3 is 10.1 Å². The lowest BCUT2D eigenvalue weighted by molar-refractivity contribution is -0.117. The van der Waals surface area contributed by atoms with Crippen LogP contribution in [0.2, 0.25) is 0 Å². The lowest BCUT2D eigenvalue weighted by Gasteiger charge is -2.17. The van der Waals surface area contributed by atoms with Crippen molar-refractivity contribution in [2.75, 3.05) is 25.5 Å². The molecular formula is C18H26N4O2. The fourth-order valence-electron chi connectivity index (χ4n) is 2.48. The molecule has 24 heavy (non-hydrogen) atoms. The first-order valence-corrected chi connectivity index (χ1v) is 8.23. The normalized spacial score (nSPS) is 11.1. The Hall–Kier alpha value is -2.34. The van der Waals surface area contributed by atoms with Gasteiger partial charge in [-0.25, -0.2) is 4.68 Å². The van der Waals surface area contributed by atoms with Crippen LogP contribution in [0.25, 0.3) is 0 Å². The van der Waals surface area contributed by atoms with Crippen LogP contribution >= 0.6 is 0 Å². The van der Waals surface area contributed by atoms with Crippen molar-refractivity contribution in [2.45, 2.75) is 33.4 Å². The third-order valence-electron chi connectivity index (χ3n) is 3.53. The average molecular weight is 330 g/mol. The zero-order valence-electron chi connectivity index (χ0n) is 14.8. The van der Waals surface area contributed by atoms with Crippen molar-refractivity contribution in [1.82, 2.24) is 14.7 Å². The highest BCUT2D eigenvalue weighted by Crippen LogP contribution is 2.14. The molecule has 0 saturated heterocycles. The van der Waals surface area contributed by atoms with Crippen molar-refractivity contribution in [2.24, 2.45) is 0 Å². The summed E-state index contributed by atoms with van der Waals surface area (Å²) in [6.07, 6.45) is 1.69. The van der Waals surface area contributed by atoms with Crippen LogP contribution in [0, 0.1) is 0 Å².